The van der Waals surface area contributed by atoms with Gasteiger partial charge in [0, 0.05) is 30.1 Å². The van der Waals surface area contributed by atoms with Gasteiger partial charge in [0.25, 0.3) is 5.91 Å². The van der Waals surface area contributed by atoms with Crippen molar-refractivity contribution < 1.29 is 24.2 Å². The molecule has 5 rings (SSSR count). The minimum Gasteiger partial charge on any atom is -0.461 e. The number of unbranched alkanes of at least 4 members (excludes halogenated alkanes) is 3. The third-order valence-electron chi connectivity index (χ3n) is 8.33. The van der Waals surface area contributed by atoms with Crippen molar-refractivity contribution >= 4 is 35.2 Å². The summed E-state index contributed by atoms with van der Waals surface area (Å²) >= 11 is 1.58. The summed E-state index contributed by atoms with van der Waals surface area (Å²) in [5, 5.41) is 9.14. The molecule has 0 bridgehead atoms. The van der Waals surface area contributed by atoms with Crippen LogP contribution in [-0.4, -0.2) is 69.6 Å². The summed E-state index contributed by atoms with van der Waals surface area (Å²) in [5.74, 6) is -1.93. The van der Waals surface area contributed by atoms with Crippen molar-refractivity contribution in [2.75, 3.05) is 31.2 Å². The number of thioether (sulfide) groups is 1. The number of benzene rings is 1. The molecule has 0 saturated carbocycles. The average molecular weight is 525 g/mol. The number of carbonyl (C=O) groups excluding carboxylic acids is 3. The molecule has 0 aliphatic carbocycles. The molecule has 198 valence electrons. The van der Waals surface area contributed by atoms with Crippen LogP contribution in [-0.2, 0) is 19.1 Å². The highest BCUT2D eigenvalue weighted by Gasteiger charge is 2.74. The number of cyclic esters (lactones) is 1. The van der Waals surface area contributed by atoms with E-state index in [0.29, 0.717) is 13.1 Å². The summed E-state index contributed by atoms with van der Waals surface area (Å²) in [7, 11) is 0. The Labute approximate surface area is 222 Å². The number of hydrogen-bond donors (Lipinski definition) is 1. The zero-order chi connectivity index (χ0) is 26.4. The fourth-order valence-corrected chi connectivity index (χ4v) is 8.93. The molecule has 1 aromatic rings. The minimum absolute atomic E-state index is 0.0986. The Balaban J connectivity index is 1.59. The summed E-state index contributed by atoms with van der Waals surface area (Å²) in [4.78, 5) is 45.5. The van der Waals surface area contributed by atoms with Crippen LogP contribution in [0.25, 0.3) is 0 Å². The summed E-state index contributed by atoms with van der Waals surface area (Å²) < 4.78 is 4.01. The van der Waals surface area contributed by atoms with E-state index >= 15 is 0 Å². The third-order valence-corrected chi connectivity index (χ3v) is 10.1. The lowest BCUT2D eigenvalue weighted by Crippen LogP contribution is -2.53. The molecule has 4 aliphatic rings. The molecule has 1 N–H and O–H groups in total. The number of aryl methyl sites for hydroxylation is 2. The van der Waals surface area contributed by atoms with Gasteiger partial charge in [-0.25, -0.2) is 0 Å². The van der Waals surface area contributed by atoms with E-state index in [4.69, 9.17) is 9.84 Å². The molecule has 1 aromatic carbocycles. The normalized spacial score (nSPS) is 32.6. The zero-order valence-corrected chi connectivity index (χ0v) is 22.6. The van der Waals surface area contributed by atoms with Crippen molar-refractivity contribution in [2.45, 2.75) is 62.0 Å². The van der Waals surface area contributed by atoms with E-state index in [9.17, 15) is 14.4 Å². The standard InChI is InChI=1S/C29H36N2O5S/c1-19-11-8-12-20(2)23(19)30-16-9-14-29-21(22-27(35)36-18-10-13-28(22,3)37-29)25(33)31(24(29)26(30)34)15-6-4-5-7-17-32/h8-14,21-22,24,32H,4-7,15-18H2,1-3H3/t21-,22+,24?,28-,29-/m0/s1. The number of aliphatic hydroxyl groups is 1. The van der Waals surface area contributed by atoms with Crippen LogP contribution in [0.5, 0.6) is 0 Å². The van der Waals surface area contributed by atoms with Crippen LogP contribution >= 0.6 is 11.8 Å². The van der Waals surface area contributed by atoms with Gasteiger partial charge in [0.2, 0.25) is 5.91 Å². The number of aliphatic hydroxyl groups excluding tert-OH is 1. The van der Waals surface area contributed by atoms with Crippen molar-refractivity contribution in [3.8, 4) is 0 Å². The number of amides is 2. The maximum Gasteiger partial charge on any atom is 0.311 e. The van der Waals surface area contributed by atoms with Crippen LogP contribution in [0.3, 0.4) is 0 Å². The van der Waals surface area contributed by atoms with Gasteiger partial charge in [0.1, 0.15) is 12.6 Å². The van der Waals surface area contributed by atoms with Gasteiger partial charge >= 0.3 is 5.97 Å². The SMILES string of the molecule is Cc1cccc(C)c1N1CC=C[C@]23S[C@@]4(C)C=CCOC(=O)[C@H]4[C@H]2C(=O)N(CCCCCCO)C3C1=O. The molecule has 0 radical (unpaired) electrons. The number of hydrogen-bond acceptors (Lipinski definition) is 6. The Morgan fingerprint density at radius 2 is 1.73 bits per heavy atom. The molecule has 4 heterocycles. The Morgan fingerprint density at radius 3 is 2.46 bits per heavy atom. The molecule has 0 aromatic heterocycles. The number of esters is 1. The Morgan fingerprint density at radius 1 is 1.00 bits per heavy atom. The van der Waals surface area contributed by atoms with Crippen LogP contribution in [0.4, 0.5) is 5.69 Å². The maximum absolute atomic E-state index is 14.5. The Bertz CT molecular complexity index is 1140. The van der Waals surface area contributed by atoms with Crippen LogP contribution in [0.2, 0.25) is 0 Å². The second kappa shape index (κ2) is 9.95. The highest BCUT2D eigenvalue weighted by Crippen LogP contribution is 2.65. The molecular weight excluding hydrogens is 488 g/mol. The van der Waals surface area contributed by atoms with Crippen molar-refractivity contribution in [1.29, 1.82) is 0 Å². The van der Waals surface area contributed by atoms with E-state index in [1.807, 2.05) is 68.2 Å². The van der Waals surface area contributed by atoms with E-state index in [1.165, 1.54) is 0 Å². The summed E-state index contributed by atoms with van der Waals surface area (Å²) in [6, 6.07) is 5.29. The first kappa shape index (κ1) is 26.0. The molecule has 2 amide bonds. The molecule has 5 atom stereocenters. The van der Waals surface area contributed by atoms with Crippen molar-refractivity contribution in [3.63, 3.8) is 0 Å². The monoisotopic (exact) mass is 524 g/mol. The molecule has 37 heavy (non-hydrogen) atoms. The van der Waals surface area contributed by atoms with Gasteiger partial charge in [-0.3, -0.25) is 14.4 Å². The molecule has 8 heteroatoms. The number of para-hydroxylation sites is 1. The summed E-state index contributed by atoms with van der Waals surface area (Å²) in [6.07, 6.45) is 11.1. The van der Waals surface area contributed by atoms with Crippen LogP contribution < -0.4 is 4.90 Å². The fourth-order valence-electron chi connectivity index (χ4n) is 6.77. The number of rotatable bonds is 7. The molecule has 1 unspecified atom stereocenters. The summed E-state index contributed by atoms with van der Waals surface area (Å²) in [6.45, 7) is 7.22. The van der Waals surface area contributed by atoms with E-state index in [-0.39, 0.29) is 31.0 Å². The predicted octanol–water partition coefficient (Wildman–Crippen LogP) is 3.56. The second-order valence-electron chi connectivity index (χ2n) is 10.8. The first-order chi connectivity index (χ1) is 17.7. The van der Waals surface area contributed by atoms with Gasteiger partial charge < -0.3 is 19.6 Å². The number of anilines is 1. The largest absolute Gasteiger partial charge is 0.461 e. The van der Waals surface area contributed by atoms with E-state index < -0.39 is 27.4 Å². The highest BCUT2D eigenvalue weighted by atomic mass is 32.2. The number of ether oxygens (including phenoxy) is 1. The topological polar surface area (TPSA) is 87.2 Å². The van der Waals surface area contributed by atoms with E-state index in [1.54, 1.807) is 16.7 Å². The molecule has 7 nitrogen and oxygen atoms in total. The molecule has 2 saturated heterocycles. The van der Waals surface area contributed by atoms with Gasteiger partial charge in [-0.1, -0.05) is 49.3 Å². The maximum atomic E-state index is 14.5. The van der Waals surface area contributed by atoms with Crippen molar-refractivity contribution in [1.82, 2.24) is 4.90 Å². The van der Waals surface area contributed by atoms with Gasteiger partial charge in [0.05, 0.1) is 16.6 Å². The first-order valence-corrected chi connectivity index (χ1v) is 14.1. The van der Waals surface area contributed by atoms with Crippen molar-refractivity contribution in [2.24, 2.45) is 11.8 Å². The summed E-state index contributed by atoms with van der Waals surface area (Å²) in [5.41, 5.74) is 2.91. The quantitative estimate of drug-likeness (QED) is 0.334. The number of nitrogens with zero attached hydrogens (tertiary/aromatic N) is 2. The van der Waals surface area contributed by atoms with Crippen LogP contribution in [0.1, 0.15) is 43.7 Å². The second-order valence-corrected chi connectivity index (χ2v) is 12.6. The van der Waals surface area contributed by atoms with Crippen molar-refractivity contribution in [3.05, 3.63) is 53.6 Å². The smallest absolute Gasteiger partial charge is 0.311 e. The lowest BCUT2D eigenvalue weighted by atomic mass is 9.75. The number of fused-ring (bicyclic) bond motifs is 2. The van der Waals surface area contributed by atoms with Crippen LogP contribution in [0, 0.1) is 25.7 Å². The zero-order valence-electron chi connectivity index (χ0n) is 21.8. The lowest BCUT2D eigenvalue weighted by molar-refractivity contribution is -0.152. The van der Waals surface area contributed by atoms with Crippen LogP contribution in [0.15, 0.2) is 42.5 Å². The van der Waals surface area contributed by atoms with E-state index in [2.05, 4.69) is 0 Å². The van der Waals surface area contributed by atoms with Gasteiger partial charge in [0.15, 0.2) is 0 Å². The molecule has 1 spiro atoms. The average Bonchev–Trinajstić information content (AvgIpc) is 3.10. The van der Waals surface area contributed by atoms with Gasteiger partial charge in [-0.05, 0) is 50.8 Å². The number of carbonyl (C=O) groups is 3. The molecule has 2 fully saturated rings. The minimum atomic E-state index is -0.856. The third kappa shape index (κ3) is 4.13. The lowest BCUT2D eigenvalue weighted by Gasteiger charge is -2.37. The van der Waals surface area contributed by atoms with Gasteiger partial charge in [-0.2, -0.15) is 0 Å². The Hall–Kier alpha value is -2.58. The number of likely N-dealkylation sites (tertiary alicyclic amines) is 1. The highest BCUT2D eigenvalue weighted by molar-refractivity contribution is 8.02. The fraction of sp³-hybridized carbons (Fsp3) is 0.552. The Kier molecular flexibility index (Phi) is 7.00. The molecular formula is C29H36N2O5S. The molecule has 4 aliphatic heterocycles. The van der Waals surface area contributed by atoms with Gasteiger partial charge in [-0.15, -0.1) is 11.8 Å². The van der Waals surface area contributed by atoms with E-state index in [0.717, 1.165) is 42.5 Å². The first-order valence-electron chi connectivity index (χ1n) is 13.3. The predicted molar refractivity (Wildman–Crippen MR) is 144 cm³/mol.